The summed E-state index contributed by atoms with van der Waals surface area (Å²) in [4.78, 5) is 10.3. The molecule has 0 aromatic carbocycles. The van der Waals surface area contributed by atoms with Gasteiger partial charge in [-0.25, -0.2) is 0 Å². The van der Waals surface area contributed by atoms with Crippen LogP contribution in [0.2, 0.25) is 0 Å². The molecule has 1 N–H and O–H groups in total. The van der Waals surface area contributed by atoms with Crippen LogP contribution in [0.1, 0.15) is 104 Å². The lowest BCUT2D eigenvalue weighted by atomic mass is 10.1. The molecule has 0 saturated carbocycles. The van der Waals surface area contributed by atoms with Gasteiger partial charge in [-0.3, -0.25) is 4.57 Å². The number of allylic oxidation sites excluding steroid dienone is 1. The molecular weight excluding hydrogens is 369 g/mol. The molecule has 0 aliphatic heterocycles. The number of nitrogens with zero attached hydrogens (tertiary/aromatic N) is 1. The summed E-state index contributed by atoms with van der Waals surface area (Å²) in [6.07, 6.45) is 21.3. The lowest BCUT2D eigenvalue weighted by Crippen LogP contribution is -2.45. The van der Waals surface area contributed by atoms with Crippen molar-refractivity contribution >= 4 is 7.60 Å². The molecule has 168 valence electrons. The quantitative estimate of drug-likeness (QED) is 0.104. The Morgan fingerprint density at radius 3 is 1.82 bits per heavy atom. The van der Waals surface area contributed by atoms with E-state index in [0.29, 0.717) is 23.9 Å². The molecule has 0 saturated heterocycles. The van der Waals surface area contributed by atoms with Crippen molar-refractivity contribution < 1.29 is 18.5 Å². The van der Waals surface area contributed by atoms with Gasteiger partial charge in [-0.1, -0.05) is 83.8 Å². The molecule has 0 bridgehead atoms. The van der Waals surface area contributed by atoms with Gasteiger partial charge in [0.15, 0.2) is 5.78 Å². The Kier molecular flexibility index (Phi) is 16.5. The predicted molar refractivity (Wildman–Crippen MR) is 123 cm³/mol. The molecular formula is C23H49NO3P+. The van der Waals surface area contributed by atoms with Crippen LogP contribution in [-0.2, 0) is 9.09 Å². The highest BCUT2D eigenvalue weighted by Gasteiger charge is 2.41. The Morgan fingerprint density at radius 2 is 1.32 bits per heavy atom. The standard InChI is InChI=1S/C23H48NO3P/c1-6-8-9-10-11-12-13-14-15-16-17-18-19-20-22-27-28(25,26)23(21-7-2)24(3,4)5/h18-19,23H,6-17,20-22H2,1-5H3/p+1/b19-18-. The SMILES string of the molecule is CCCCCCCCCCCC/C=C\CCOP(=O)(O)C(CCC)[N+](C)(C)C. The van der Waals surface area contributed by atoms with Crippen LogP contribution in [0.4, 0.5) is 0 Å². The fraction of sp³-hybridized carbons (Fsp3) is 0.913. The Labute approximate surface area is 175 Å². The number of hydrogen-bond acceptors (Lipinski definition) is 2. The molecule has 0 aliphatic carbocycles. The Hall–Kier alpha value is -0.150. The molecule has 0 aliphatic rings. The maximum absolute atomic E-state index is 12.6. The van der Waals surface area contributed by atoms with Crippen molar-refractivity contribution in [1.82, 2.24) is 0 Å². The molecule has 0 radical (unpaired) electrons. The zero-order valence-electron chi connectivity index (χ0n) is 19.5. The van der Waals surface area contributed by atoms with E-state index < -0.39 is 7.60 Å². The first-order valence-corrected chi connectivity index (χ1v) is 13.3. The van der Waals surface area contributed by atoms with Gasteiger partial charge in [0.25, 0.3) is 0 Å². The van der Waals surface area contributed by atoms with E-state index >= 15 is 0 Å². The molecule has 0 aromatic heterocycles. The third-order valence-electron chi connectivity index (χ3n) is 5.27. The monoisotopic (exact) mass is 418 g/mol. The molecule has 2 atom stereocenters. The van der Waals surface area contributed by atoms with Gasteiger partial charge in [0, 0.05) is 6.42 Å². The molecule has 4 nitrogen and oxygen atoms in total. The van der Waals surface area contributed by atoms with Gasteiger partial charge < -0.3 is 13.9 Å². The summed E-state index contributed by atoms with van der Waals surface area (Å²) in [5.74, 6) is -0.354. The number of rotatable bonds is 19. The highest BCUT2D eigenvalue weighted by atomic mass is 31.2. The molecule has 0 spiro atoms. The van der Waals surface area contributed by atoms with Gasteiger partial charge in [-0.05, 0) is 25.7 Å². The molecule has 0 fully saturated rings. The lowest BCUT2D eigenvalue weighted by Gasteiger charge is -2.35. The van der Waals surface area contributed by atoms with E-state index in [0.717, 1.165) is 12.8 Å². The smallest absolute Gasteiger partial charge is 0.320 e. The second kappa shape index (κ2) is 16.6. The van der Waals surface area contributed by atoms with Crippen molar-refractivity contribution in [1.29, 1.82) is 0 Å². The van der Waals surface area contributed by atoms with Crippen LogP contribution in [-0.4, -0.2) is 42.9 Å². The summed E-state index contributed by atoms with van der Waals surface area (Å²) in [6, 6.07) is 0. The number of unbranched alkanes of at least 4 members (excludes halogenated alkanes) is 10. The van der Waals surface area contributed by atoms with Crippen molar-refractivity contribution in [3.63, 3.8) is 0 Å². The van der Waals surface area contributed by atoms with Crippen LogP contribution in [0, 0.1) is 0 Å². The van der Waals surface area contributed by atoms with Crippen molar-refractivity contribution in [3.05, 3.63) is 12.2 Å². The van der Waals surface area contributed by atoms with Crippen LogP contribution >= 0.6 is 7.60 Å². The van der Waals surface area contributed by atoms with Crippen molar-refractivity contribution in [2.24, 2.45) is 0 Å². The Morgan fingerprint density at radius 1 is 0.821 bits per heavy atom. The van der Waals surface area contributed by atoms with Crippen LogP contribution in [0.25, 0.3) is 0 Å². The fourth-order valence-corrected chi connectivity index (χ4v) is 5.57. The molecule has 0 amide bonds. The highest BCUT2D eigenvalue weighted by molar-refractivity contribution is 7.53. The first-order chi connectivity index (χ1) is 13.3. The Balaban J connectivity index is 3.73. The largest absolute Gasteiger partial charge is 0.385 e. The van der Waals surface area contributed by atoms with E-state index in [2.05, 4.69) is 19.1 Å². The molecule has 0 aromatic rings. The van der Waals surface area contributed by atoms with E-state index in [1.165, 1.54) is 64.2 Å². The van der Waals surface area contributed by atoms with Crippen LogP contribution in [0.15, 0.2) is 12.2 Å². The maximum atomic E-state index is 12.6. The van der Waals surface area contributed by atoms with E-state index in [4.69, 9.17) is 4.52 Å². The third-order valence-corrected chi connectivity index (χ3v) is 7.53. The van der Waals surface area contributed by atoms with Crippen molar-refractivity contribution in [3.8, 4) is 0 Å². The van der Waals surface area contributed by atoms with Crippen molar-refractivity contribution in [2.75, 3.05) is 27.7 Å². The Bertz CT molecular complexity index is 432. The number of hydrogen-bond donors (Lipinski definition) is 1. The summed E-state index contributed by atoms with van der Waals surface area (Å²) < 4.78 is 18.5. The summed E-state index contributed by atoms with van der Waals surface area (Å²) in [5.41, 5.74) is 0. The van der Waals surface area contributed by atoms with Gasteiger partial charge in [0.1, 0.15) is 0 Å². The molecule has 2 unspecified atom stereocenters. The zero-order chi connectivity index (χ0) is 21.3. The van der Waals surface area contributed by atoms with Crippen LogP contribution < -0.4 is 0 Å². The minimum atomic E-state index is -3.59. The average molecular weight is 419 g/mol. The molecule has 28 heavy (non-hydrogen) atoms. The minimum Gasteiger partial charge on any atom is -0.320 e. The zero-order valence-corrected chi connectivity index (χ0v) is 20.4. The van der Waals surface area contributed by atoms with Gasteiger partial charge in [-0.2, -0.15) is 0 Å². The van der Waals surface area contributed by atoms with E-state index in [9.17, 15) is 9.46 Å². The second-order valence-corrected chi connectivity index (χ2v) is 11.0. The van der Waals surface area contributed by atoms with E-state index in [1.807, 2.05) is 28.1 Å². The van der Waals surface area contributed by atoms with Crippen LogP contribution in [0.3, 0.4) is 0 Å². The van der Waals surface area contributed by atoms with Gasteiger partial charge in [0.2, 0.25) is 0 Å². The van der Waals surface area contributed by atoms with Crippen LogP contribution in [0.5, 0.6) is 0 Å². The van der Waals surface area contributed by atoms with E-state index in [1.54, 1.807) is 0 Å². The summed E-state index contributed by atoms with van der Waals surface area (Å²) in [6.45, 7) is 4.63. The highest BCUT2D eigenvalue weighted by Crippen LogP contribution is 2.51. The molecule has 5 heteroatoms. The third kappa shape index (κ3) is 14.8. The van der Waals surface area contributed by atoms with Gasteiger partial charge >= 0.3 is 7.60 Å². The summed E-state index contributed by atoms with van der Waals surface area (Å²) >= 11 is 0. The predicted octanol–water partition coefficient (Wildman–Crippen LogP) is 7.28. The first-order valence-electron chi connectivity index (χ1n) is 11.7. The maximum Gasteiger partial charge on any atom is 0.385 e. The topological polar surface area (TPSA) is 46.5 Å². The van der Waals surface area contributed by atoms with E-state index in [-0.39, 0.29) is 5.78 Å². The average Bonchev–Trinajstić information content (AvgIpc) is 2.61. The lowest BCUT2D eigenvalue weighted by molar-refractivity contribution is -0.883. The molecule has 0 heterocycles. The molecule has 0 rings (SSSR count). The first kappa shape index (κ1) is 27.8. The normalized spacial score (nSPS) is 15.8. The van der Waals surface area contributed by atoms with Crippen molar-refractivity contribution in [2.45, 2.75) is 110 Å². The second-order valence-electron chi connectivity index (χ2n) is 9.01. The number of quaternary nitrogens is 1. The fourth-order valence-electron chi connectivity index (χ4n) is 3.57. The summed E-state index contributed by atoms with van der Waals surface area (Å²) in [7, 11) is 2.28. The minimum absolute atomic E-state index is 0.322. The van der Waals surface area contributed by atoms with Gasteiger partial charge in [-0.15, -0.1) is 0 Å². The van der Waals surface area contributed by atoms with Gasteiger partial charge in [0.05, 0.1) is 27.7 Å². The summed E-state index contributed by atoms with van der Waals surface area (Å²) in [5, 5.41) is 0.